The zero-order valence-corrected chi connectivity index (χ0v) is 20.9. The molecule has 0 bridgehead atoms. The second kappa shape index (κ2) is 12.6. The van der Waals surface area contributed by atoms with Crippen LogP contribution >= 0.6 is 0 Å². The smallest absolute Gasteiger partial charge is 0.246 e. The minimum atomic E-state index is -0.310. The first-order chi connectivity index (χ1) is 17.4. The van der Waals surface area contributed by atoms with Crippen LogP contribution in [0.4, 0.5) is 4.39 Å². The van der Waals surface area contributed by atoms with Gasteiger partial charge in [0.1, 0.15) is 18.2 Å². The summed E-state index contributed by atoms with van der Waals surface area (Å²) in [6, 6.07) is 14.6. The van der Waals surface area contributed by atoms with Gasteiger partial charge in [-0.05, 0) is 54.9 Å². The monoisotopic (exact) mass is 494 g/mol. The lowest BCUT2D eigenvalue weighted by Gasteiger charge is -2.34. The molecule has 0 aliphatic carbocycles. The number of rotatable bonds is 10. The van der Waals surface area contributed by atoms with Crippen LogP contribution in [0.15, 0.2) is 54.6 Å². The molecule has 36 heavy (non-hydrogen) atoms. The molecule has 0 radical (unpaired) electrons. The highest BCUT2D eigenvalue weighted by Gasteiger charge is 2.22. The molecule has 1 N–H and O–H groups in total. The molecule has 192 valence electrons. The van der Waals surface area contributed by atoms with Crippen molar-refractivity contribution in [3.63, 3.8) is 0 Å². The number of nitrogens with zero attached hydrogens (tertiary/aromatic N) is 3. The Labute approximate surface area is 212 Å². The van der Waals surface area contributed by atoms with Gasteiger partial charge in [-0.2, -0.15) is 0 Å². The molecule has 2 aliphatic heterocycles. The van der Waals surface area contributed by atoms with Crippen molar-refractivity contribution >= 4 is 17.9 Å². The minimum absolute atomic E-state index is 0.0488. The quantitative estimate of drug-likeness (QED) is 0.515. The normalized spacial score (nSPS) is 18.7. The van der Waals surface area contributed by atoms with Gasteiger partial charge >= 0.3 is 0 Å². The van der Waals surface area contributed by atoms with Crippen molar-refractivity contribution in [1.82, 2.24) is 20.0 Å². The summed E-state index contributed by atoms with van der Waals surface area (Å²) in [5, 5.41) is 3.02. The van der Waals surface area contributed by atoms with Crippen LogP contribution in [0, 0.1) is 5.82 Å². The van der Waals surface area contributed by atoms with Crippen molar-refractivity contribution in [2.24, 2.45) is 0 Å². The number of nitrogens with one attached hydrogen (secondary N) is 1. The van der Waals surface area contributed by atoms with Gasteiger partial charge in [-0.15, -0.1) is 0 Å². The minimum Gasteiger partial charge on any atom is -0.492 e. The number of likely N-dealkylation sites (N-methyl/N-ethyl adjacent to an activating group) is 1. The van der Waals surface area contributed by atoms with E-state index in [4.69, 9.17) is 4.74 Å². The number of hydrogen-bond donors (Lipinski definition) is 1. The topological polar surface area (TPSA) is 65.1 Å². The van der Waals surface area contributed by atoms with Gasteiger partial charge in [0, 0.05) is 64.4 Å². The maximum Gasteiger partial charge on any atom is 0.246 e. The van der Waals surface area contributed by atoms with Crippen LogP contribution in [0.25, 0.3) is 6.08 Å². The lowest BCUT2D eigenvalue weighted by molar-refractivity contribution is -0.127. The van der Waals surface area contributed by atoms with Crippen molar-refractivity contribution in [3.05, 3.63) is 71.6 Å². The van der Waals surface area contributed by atoms with Crippen molar-refractivity contribution in [2.45, 2.75) is 25.4 Å². The van der Waals surface area contributed by atoms with E-state index in [0.717, 1.165) is 44.9 Å². The van der Waals surface area contributed by atoms with Gasteiger partial charge in [0.25, 0.3) is 0 Å². The van der Waals surface area contributed by atoms with Crippen molar-refractivity contribution < 1.29 is 18.7 Å². The summed E-state index contributed by atoms with van der Waals surface area (Å²) in [6.45, 7) is 5.94. The summed E-state index contributed by atoms with van der Waals surface area (Å²) in [5.74, 6) is 0.642. The van der Waals surface area contributed by atoms with E-state index in [0.29, 0.717) is 31.7 Å². The number of piperazine rings is 1. The Bertz CT molecular complexity index is 1070. The first kappa shape index (κ1) is 25.9. The van der Waals surface area contributed by atoms with Crippen molar-refractivity contribution in [3.8, 4) is 5.75 Å². The van der Waals surface area contributed by atoms with Crippen molar-refractivity contribution in [1.29, 1.82) is 0 Å². The van der Waals surface area contributed by atoms with Gasteiger partial charge in [0.05, 0.1) is 0 Å². The van der Waals surface area contributed by atoms with E-state index in [2.05, 4.69) is 34.3 Å². The highest BCUT2D eigenvalue weighted by Crippen LogP contribution is 2.16. The van der Waals surface area contributed by atoms with E-state index in [-0.39, 0.29) is 23.7 Å². The van der Waals surface area contributed by atoms with Crippen LogP contribution < -0.4 is 10.1 Å². The Morgan fingerprint density at radius 3 is 2.72 bits per heavy atom. The third-order valence-electron chi connectivity index (χ3n) is 6.60. The van der Waals surface area contributed by atoms with Crippen LogP contribution in [0.3, 0.4) is 0 Å². The SMILES string of the molecule is CN(Cc1cccc(OCCN2CCN(C(=O)C=Cc3cccc(F)c3)CC2)c1)CC1CCC(=O)N1. The van der Waals surface area contributed by atoms with Gasteiger partial charge in [0.2, 0.25) is 11.8 Å². The summed E-state index contributed by atoms with van der Waals surface area (Å²) in [6.07, 6.45) is 4.70. The molecule has 2 amide bonds. The van der Waals surface area contributed by atoms with E-state index in [1.807, 2.05) is 17.0 Å². The molecule has 2 saturated heterocycles. The Kier molecular flexibility index (Phi) is 9.08. The molecular formula is C28H35FN4O3. The Balaban J connectivity index is 1.15. The van der Waals surface area contributed by atoms with Gasteiger partial charge in [-0.1, -0.05) is 24.3 Å². The van der Waals surface area contributed by atoms with Gasteiger partial charge in [-0.3, -0.25) is 14.5 Å². The molecule has 4 rings (SSSR count). The Morgan fingerprint density at radius 1 is 1.17 bits per heavy atom. The number of benzene rings is 2. The standard InChI is InChI=1S/C28H35FN4O3/c1-31(21-25-9-10-27(34)30-25)20-23-5-3-7-26(19-23)36-17-16-32-12-14-33(15-13-32)28(35)11-8-22-4-2-6-24(29)18-22/h2-8,11,18-19,25H,9-10,12-17,20-21H2,1H3,(H,30,34). The predicted molar refractivity (Wildman–Crippen MR) is 138 cm³/mol. The molecule has 7 nitrogen and oxygen atoms in total. The van der Waals surface area contributed by atoms with Gasteiger partial charge in [0.15, 0.2) is 0 Å². The molecule has 2 fully saturated rings. The Morgan fingerprint density at radius 2 is 1.97 bits per heavy atom. The highest BCUT2D eigenvalue weighted by molar-refractivity contribution is 5.91. The average Bonchev–Trinajstić information content (AvgIpc) is 3.27. The van der Waals surface area contributed by atoms with E-state index in [1.165, 1.54) is 23.8 Å². The zero-order valence-electron chi connectivity index (χ0n) is 20.9. The molecule has 2 heterocycles. The first-order valence-corrected chi connectivity index (χ1v) is 12.6. The number of halogens is 1. The van der Waals surface area contributed by atoms with Crippen LogP contribution in [-0.4, -0.2) is 85.5 Å². The molecule has 2 aromatic carbocycles. The molecule has 8 heteroatoms. The Hall–Kier alpha value is -3.23. The molecular weight excluding hydrogens is 459 g/mol. The second-order valence-corrected chi connectivity index (χ2v) is 9.55. The third kappa shape index (κ3) is 7.90. The fraction of sp³-hybridized carbons (Fsp3) is 0.429. The van der Waals surface area contributed by atoms with Gasteiger partial charge < -0.3 is 19.9 Å². The number of carbonyl (C=O) groups is 2. The first-order valence-electron chi connectivity index (χ1n) is 12.6. The molecule has 1 atom stereocenters. The van der Waals surface area contributed by atoms with Crippen LogP contribution in [-0.2, 0) is 16.1 Å². The fourth-order valence-corrected chi connectivity index (χ4v) is 4.67. The van der Waals surface area contributed by atoms with E-state index < -0.39 is 0 Å². The summed E-state index contributed by atoms with van der Waals surface area (Å²) in [5.41, 5.74) is 1.86. The molecule has 2 aliphatic rings. The molecule has 1 unspecified atom stereocenters. The lowest BCUT2D eigenvalue weighted by atomic mass is 10.1. The maximum atomic E-state index is 13.3. The lowest BCUT2D eigenvalue weighted by Crippen LogP contribution is -2.49. The third-order valence-corrected chi connectivity index (χ3v) is 6.60. The zero-order chi connectivity index (χ0) is 25.3. The molecule has 0 saturated carbocycles. The largest absolute Gasteiger partial charge is 0.492 e. The molecule has 2 aromatic rings. The summed E-state index contributed by atoms with van der Waals surface area (Å²) in [4.78, 5) is 30.2. The molecule has 0 spiro atoms. The number of hydrogen-bond acceptors (Lipinski definition) is 5. The predicted octanol–water partition coefficient (Wildman–Crippen LogP) is 2.77. The highest BCUT2D eigenvalue weighted by atomic mass is 19.1. The van der Waals surface area contributed by atoms with Gasteiger partial charge in [-0.25, -0.2) is 4.39 Å². The van der Waals surface area contributed by atoms with Crippen molar-refractivity contribution in [2.75, 3.05) is 52.9 Å². The van der Waals surface area contributed by atoms with Crippen LogP contribution in [0.1, 0.15) is 24.0 Å². The number of ether oxygens (including phenoxy) is 1. The van der Waals surface area contributed by atoms with Crippen LogP contribution in [0.5, 0.6) is 5.75 Å². The second-order valence-electron chi connectivity index (χ2n) is 9.55. The average molecular weight is 495 g/mol. The number of amides is 2. The summed E-state index contributed by atoms with van der Waals surface area (Å²) < 4.78 is 19.3. The number of carbonyl (C=O) groups excluding carboxylic acids is 2. The fourth-order valence-electron chi connectivity index (χ4n) is 4.67. The van der Waals surface area contributed by atoms with Crippen LogP contribution in [0.2, 0.25) is 0 Å². The maximum absolute atomic E-state index is 13.3. The van der Waals surface area contributed by atoms with E-state index in [9.17, 15) is 14.0 Å². The molecule has 0 aromatic heterocycles. The van der Waals surface area contributed by atoms with E-state index in [1.54, 1.807) is 18.2 Å². The van der Waals surface area contributed by atoms with E-state index >= 15 is 0 Å². The summed E-state index contributed by atoms with van der Waals surface area (Å²) >= 11 is 0. The summed E-state index contributed by atoms with van der Waals surface area (Å²) in [7, 11) is 2.07.